The van der Waals surface area contributed by atoms with Crippen molar-refractivity contribution in [2.75, 3.05) is 0 Å². The minimum atomic E-state index is -0.437. The van der Waals surface area contributed by atoms with Crippen LogP contribution in [0.15, 0.2) is 52.8 Å². The van der Waals surface area contributed by atoms with Crippen molar-refractivity contribution >= 4 is 12.1 Å². The van der Waals surface area contributed by atoms with Crippen LogP contribution in [0.4, 0.5) is 4.39 Å². The number of nitrogens with one attached hydrogen (secondary N) is 1. The van der Waals surface area contributed by atoms with Crippen LogP contribution in [0.1, 0.15) is 18.9 Å². The Morgan fingerprint density at radius 1 is 1.53 bits per heavy atom. The normalized spacial score (nSPS) is 14.9. The highest BCUT2D eigenvalue weighted by Crippen LogP contribution is 2.17. The Balaban J connectivity index is 2.09. The molecular weight excluding hydrogens is 245 g/mol. The summed E-state index contributed by atoms with van der Waals surface area (Å²) in [5, 5.41) is 2.38. The van der Waals surface area contributed by atoms with Gasteiger partial charge in [-0.05, 0) is 17.2 Å². The molecule has 0 fully saturated rings. The van der Waals surface area contributed by atoms with Gasteiger partial charge in [-0.1, -0.05) is 12.1 Å². The largest absolute Gasteiger partial charge is 0.309 e. The highest BCUT2D eigenvalue weighted by Gasteiger charge is 2.10. The summed E-state index contributed by atoms with van der Waals surface area (Å²) < 4.78 is 13.7. The Labute approximate surface area is 110 Å². The van der Waals surface area contributed by atoms with Gasteiger partial charge in [-0.2, -0.15) is 0 Å². The molecule has 5 heteroatoms. The van der Waals surface area contributed by atoms with Crippen molar-refractivity contribution in [3.8, 4) is 0 Å². The van der Waals surface area contributed by atoms with Crippen molar-refractivity contribution in [1.29, 1.82) is 0 Å². The Morgan fingerprint density at radius 3 is 3.05 bits per heavy atom. The van der Waals surface area contributed by atoms with Gasteiger partial charge in [0.1, 0.15) is 5.83 Å². The van der Waals surface area contributed by atoms with Gasteiger partial charge in [-0.15, -0.1) is 0 Å². The van der Waals surface area contributed by atoms with Crippen LogP contribution >= 0.6 is 0 Å². The fraction of sp³-hybridized carbons (Fsp3) is 0.214. The van der Waals surface area contributed by atoms with Gasteiger partial charge < -0.3 is 5.32 Å². The highest BCUT2D eigenvalue weighted by molar-refractivity contribution is 5.82. The number of aromatic nitrogens is 1. The summed E-state index contributed by atoms with van der Waals surface area (Å²) in [5.74, 6) is -0.782. The van der Waals surface area contributed by atoms with Gasteiger partial charge in [-0.25, -0.2) is 9.38 Å². The zero-order valence-electron chi connectivity index (χ0n) is 10.6. The van der Waals surface area contributed by atoms with Gasteiger partial charge in [0, 0.05) is 38.4 Å². The standard InChI is InChI=1S/C14H14FN3O/c1-10(19)18-14-13(15)5-4-12(9-17-14)7-11-3-2-6-16-8-11/h2-4,6,8-9H,5,7H2,1H3,(H,18,19). The van der Waals surface area contributed by atoms with Crippen LogP contribution < -0.4 is 5.32 Å². The van der Waals surface area contributed by atoms with Gasteiger partial charge in [0.2, 0.25) is 5.91 Å². The van der Waals surface area contributed by atoms with E-state index in [0.29, 0.717) is 6.42 Å². The van der Waals surface area contributed by atoms with Crippen LogP contribution in [0.5, 0.6) is 0 Å². The maximum Gasteiger partial charge on any atom is 0.222 e. The van der Waals surface area contributed by atoms with Crippen LogP contribution in [-0.4, -0.2) is 17.1 Å². The third-order valence-electron chi connectivity index (χ3n) is 2.59. The summed E-state index contributed by atoms with van der Waals surface area (Å²) in [6, 6.07) is 3.80. The number of aliphatic imine (C=N–C) groups is 1. The first-order chi connectivity index (χ1) is 9.15. The first-order valence-corrected chi connectivity index (χ1v) is 5.93. The van der Waals surface area contributed by atoms with E-state index in [9.17, 15) is 9.18 Å². The van der Waals surface area contributed by atoms with E-state index in [1.807, 2.05) is 12.1 Å². The second-order valence-electron chi connectivity index (χ2n) is 4.21. The van der Waals surface area contributed by atoms with Gasteiger partial charge in [-0.3, -0.25) is 9.78 Å². The third-order valence-corrected chi connectivity index (χ3v) is 2.59. The monoisotopic (exact) mass is 259 g/mol. The van der Waals surface area contributed by atoms with Crippen LogP contribution in [0, 0.1) is 0 Å². The molecule has 1 aliphatic rings. The van der Waals surface area contributed by atoms with Crippen molar-refractivity contribution in [1.82, 2.24) is 10.3 Å². The maximum atomic E-state index is 13.7. The second-order valence-corrected chi connectivity index (χ2v) is 4.21. The first kappa shape index (κ1) is 13.1. The number of pyridine rings is 1. The van der Waals surface area contributed by atoms with Crippen molar-refractivity contribution in [3.05, 3.63) is 53.4 Å². The molecule has 19 heavy (non-hydrogen) atoms. The number of carbonyl (C=O) groups excluding carboxylic acids is 1. The van der Waals surface area contributed by atoms with Crippen molar-refractivity contribution in [3.63, 3.8) is 0 Å². The van der Waals surface area contributed by atoms with E-state index in [2.05, 4.69) is 15.3 Å². The summed E-state index contributed by atoms with van der Waals surface area (Å²) in [5.41, 5.74) is 1.92. The minimum Gasteiger partial charge on any atom is -0.309 e. The summed E-state index contributed by atoms with van der Waals surface area (Å²) >= 11 is 0. The molecular formula is C14H14FN3O. The number of nitrogens with zero attached hydrogens (tertiary/aromatic N) is 2. The highest BCUT2D eigenvalue weighted by atomic mass is 19.1. The Hall–Kier alpha value is -2.30. The van der Waals surface area contributed by atoms with E-state index >= 15 is 0 Å². The maximum absolute atomic E-state index is 13.7. The molecule has 1 N–H and O–H groups in total. The van der Waals surface area contributed by atoms with Crippen molar-refractivity contribution in [2.45, 2.75) is 19.8 Å². The number of allylic oxidation sites excluding steroid dienone is 3. The Bertz CT molecular complexity index is 561. The molecule has 0 spiro atoms. The molecule has 0 saturated carbocycles. The summed E-state index contributed by atoms with van der Waals surface area (Å²) in [6.45, 7) is 1.32. The Kier molecular flexibility index (Phi) is 4.18. The smallest absolute Gasteiger partial charge is 0.222 e. The van der Waals surface area contributed by atoms with Gasteiger partial charge in [0.15, 0.2) is 5.82 Å². The number of halogens is 1. The summed E-state index contributed by atoms with van der Waals surface area (Å²) in [6.07, 6.45) is 7.57. The summed E-state index contributed by atoms with van der Waals surface area (Å²) in [7, 11) is 0. The molecule has 2 heterocycles. The van der Waals surface area contributed by atoms with Gasteiger partial charge >= 0.3 is 0 Å². The molecule has 0 aliphatic carbocycles. The average Bonchev–Trinajstić information content (AvgIpc) is 2.55. The molecule has 4 nitrogen and oxygen atoms in total. The average molecular weight is 259 g/mol. The van der Waals surface area contributed by atoms with E-state index in [4.69, 9.17) is 0 Å². The molecule has 0 saturated heterocycles. The van der Waals surface area contributed by atoms with Crippen LogP contribution in [0.3, 0.4) is 0 Å². The molecule has 0 unspecified atom stereocenters. The molecule has 2 rings (SSSR count). The molecule has 0 aromatic carbocycles. The lowest BCUT2D eigenvalue weighted by atomic mass is 10.1. The van der Waals surface area contributed by atoms with Crippen molar-refractivity contribution < 1.29 is 9.18 Å². The molecule has 0 atom stereocenters. The number of hydrogen-bond acceptors (Lipinski definition) is 3. The molecule has 98 valence electrons. The minimum absolute atomic E-state index is 0.00932. The molecule has 1 aromatic heterocycles. The SMILES string of the molecule is CC(=O)NC1=C(F)CC=C(Cc2cccnc2)C=N1. The third kappa shape index (κ3) is 3.84. The number of hydrogen-bond donors (Lipinski definition) is 1. The van der Waals surface area contributed by atoms with Gasteiger partial charge in [0.05, 0.1) is 0 Å². The van der Waals surface area contributed by atoms with Crippen molar-refractivity contribution in [2.24, 2.45) is 4.99 Å². The van der Waals surface area contributed by atoms with Crippen LogP contribution in [0.25, 0.3) is 0 Å². The van der Waals surface area contributed by atoms with E-state index in [1.54, 1.807) is 24.7 Å². The van der Waals surface area contributed by atoms with E-state index in [-0.39, 0.29) is 18.1 Å². The fourth-order valence-corrected chi connectivity index (χ4v) is 1.71. The van der Waals surface area contributed by atoms with Crippen LogP contribution in [0.2, 0.25) is 0 Å². The van der Waals surface area contributed by atoms with E-state index in [0.717, 1.165) is 11.1 Å². The molecule has 1 aliphatic heterocycles. The van der Waals surface area contributed by atoms with Gasteiger partial charge in [0.25, 0.3) is 0 Å². The molecule has 0 radical (unpaired) electrons. The quantitative estimate of drug-likeness (QED) is 0.905. The predicted octanol–water partition coefficient (Wildman–Crippen LogP) is 2.30. The lowest BCUT2D eigenvalue weighted by molar-refractivity contribution is -0.118. The first-order valence-electron chi connectivity index (χ1n) is 5.93. The number of carbonyl (C=O) groups is 1. The zero-order valence-corrected chi connectivity index (χ0v) is 10.6. The van der Waals surface area contributed by atoms with E-state index < -0.39 is 5.83 Å². The number of rotatable bonds is 3. The number of amides is 1. The van der Waals surface area contributed by atoms with E-state index in [1.165, 1.54) is 6.92 Å². The summed E-state index contributed by atoms with van der Waals surface area (Å²) in [4.78, 5) is 18.9. The Morgan fingerprint density at radius 2 is 2.37 bits per heavy atom. The molecule has 1 aromatic rings. The lowest BCUT2D eigenvalue weighted by Crippen LogP contribution is -2.18. The fourth-order valence-electron chi connectivity index (χ4n) is 1.71. The molecule has 0 bridgehead atoms. The predicted molar refractivity (Wildman–Crippen MR) is 71.1 cm³/mol. The zero-order chi connectivity index (χ0) is 13.7. The second kappa shape index (κ2) is 6.04. The lowest BCUT2D eigenvalue weighted by Gasteiger charge is -2.01. The molecule has 1 amide bonds. The van der Waals surface area contributed by atoms with Crippen LogP contribution in [-0.2, 0) is 11.2 Å². The topological polar surface area (TPSA) is 54.4 Å².